The maximum atomic E-state index is 13.1. The zero-order valence-corrected chi connectivity index (χ0v) is 19.0. The van der Waals surface area contributed by atoms with Crippen molar-refractivity contribution < 1.29 is 14.6 Å². The van der Waals surface area contributed by atoms with E-state index in [1.54, 1.807) is 32.0 Å². The molecule has 0 atom stereocenters. The Morgan fingerprint density at radius 2 is 1.97 bits per heavy atom. The molecule has 2 aromatic rings. The van der Waals surface area contributed by atoms with Crippen molar-refractivity contribution in [3.63, 3.8) is 0 Å². The molecule has 1 aliphatic carbocycles. The van der Waals surface area contributed by atoms with Gasteiger partial charge >= 0.3 is 0 Å². The summed E-state index contributed by atoms with van der Waals surface area (Å²) in [7, 11) is 0. The molecule has 1 spiro atoms. The predicted molar refractivity (Wildman–Crippen MR) is 121 cm³/mol. The van der Waals surface area contributed by atoms with E-state index in [1.807, 2.05) is 18.2 Å². The number of carbonyl (C=O) groups is 1. The molecule has 30 heavy (non-hydrogen) atoms. The number of halogens is 1. The van der Waals surface area contributed by atoms with Gasteiger partial charge in [-0.1, -0.05) is 22.0 Å². The lowest BCUT2D eigenvalue weighted by atomic mass is 9.93. The number of piperidine rings is 1. The van der Waals surface area contributed by atoms with Crippen molar-refractivity contribution in [1.82, 2.24) is 4.98 Å². The Morgan fingerprint density at radius 3 is 2.63 bits per heavy atom. The Morgan fingerprint density at radius 1 is 1.23 bits per heavy atom. The molecule has 1 aliphatic heterocycles. The number of nitrogens with zero attached hydrogens (tertiary/aromatic N) is 2. The normalized spacial score (nSPS) is 17.7. The zero-order valence-electron chi connectivity index (χ0n) is 17.4. The van der Waals surface area contributed by atoms with E-state index in [9.17, 15) is 9.90 Å². The molecule has 2 N–H and O–H groups in total. The number of hydrogen-bond donors (Lipinski definition) is 2. The highest BCUT2D eigenvalue weighted by molar-refractivity contribution is 9.10. The first-order valence-corrected chi connectivity index (χ1v) is 11.2. The fourth-order valence-electron chi connectivity index (χ4n) is 3.86. The van der Waals surface area contributed by atoms with Crippen LogP contribution in [0.2, 0.25) is 0 Å². The van der Waals surface area contributed by atoms with Gasteiger partial charge in [-0.15, -0.1) is 0 Å². The van der Waals surface area contributed by atoms with E-state index in [-0.39, 0.29) is 12.5 Å². The molecule has 0 bridgehead atoms. The minimum atomic E-state index is -0.958. The summed E-state index contributed by atoms with van der Waals surface area (Å²) in [6.45, 7) is 5.41. The molecule has 2 fully saturated rings. The van der Waals surface area contributed by atoms with Gasteiger partial charge in [0.25, 0.3) is 5.91 Å². The number of pyridine rings is 1. The molecule has 1 aromatic heterocycles. The Hall–Kier alpha value is -2.12. The van der Waals surface area contributed by atoms with E-state index >= 15 is 0 Å². The maximum absolute atomic E-state index is 13.1. The standard InChI is InChI=1S/C23H28BrN3O3/c1-22(2,29)15-30-20-5-3-4-19(25-20)26-21(28)17-7-6-16(24)14-18(17)27-12-10-23(8-9-23)11-13-27/h3-7,14,29H,8-13,15H2,1-2H3,(H,25,26,28). The summed E-state index contributed by atoms with van der Waals surface area (Å²) in [6, 6.07) is 11.0. The van der Waals surface area contributed by atoms with Gasteiger partial charge in [0.2, 0.25) is 5.88 Å². The van der Waals surface area contributed by atoms with E-state index in [0.717, 1.165) is 23.2 Å². The molecule has 160 valence electrons. The fraction of sp³-hybridized carbons (Fsp3) is 0.478. The second-order valence-corrected chi connectivity index (χ2v) is 9.98. The number of rotatable bonds is 6. The average Bonchev–Trinajstić information content (AvgIpc) is 3.45. The Labute approximate surface area is 185 Å². The number of hydrogen-bond acceptors (Lipinski definition) is 5. The number of anilines is 2. The minimum Gasteiger partial charge on any atom is -0.475 e. The van der Waals surface area contributed by atoms with Crippen molar-refractivity contribution in [2.75, 3.05) is 29.9 Å². The predicted octanol–water partition coefficient (Wildman–Crippen LogP) is 4.63. The van der Waals surface area contributed by atoms with Crippen molar-refractivity contribution >= 4 is 33.3 Å². The quantitative estimate of drug-likeness (QED) is 0.639. The van der Waals surface area contributed by atoms with Crippen LogP contribution in [0.5, 0.6) is 5.88 Å². The Bertz CT molecular complexity index is 928. The number of carbonyl (C=O) groups excluding carboxylic acids is 1. The largest absolute Gasteiger partial charge is 0.475 e. The van der Waals surface area contributed by atoms with Crippen LogP contribution < -0.4 is 15.0 Å². The lowest BCUT2D eigenvalue weighted by Crippen LogP contribution is -2.35. The molecule has 2 heterocycles. The monoisotopic (exact) mass is 473 g/mol. The summed E-state index contributed by atoms with van der Waals surface area (Å²) in [5.41, 5.74) is 1.21. The van der Waals surface area contributed by atoms with Crippen molar-refractivity contribution in [3.05, 3.63) is 46.4 Å². The third-order valence-corrected chi connectivity index (χ3v) is 6.36. The summed E-state index contributed by atoms with van der Waals surface area (Å²) in [5, 5.41) is 12.7. The fourth-order valence-corrected chi connectivity index (χ4v) is 4.21. The van der Waals surface area contributed by atoms with Gasteiger partial charge in [0.15, 0.2) is 0 Å². The molecule has 1 amide bonds. The first-order chi connectivity index (χ1) is 14.2. The van der Waals surface area contributed by atoms with Crippen molar-refractivity contribution in [2.45, 2.75) is 45.1 Å². The van der Waals surface area contributed by atoms with Gasteiger partial charge in [-0.2, -0.15) is 4.98 Å². The average molecular weight is 474 g/mol. The van der Waals surface area contributed by atoms with Crippen molar-refractivity contribution in [3.8, 4) is 5.88 Å². The van der Waals surface area contributed by atoms with Crippen LogP contribution >= 0.6 is 15.9 Å². The Kier molecular flexibility index (Phi) is 5.77. The number of ether oxygens (including phenoxy) is 1. The molecule has 1 saturated carbocycles. The van der Waals surface area contributed by atoms with E-state index in [1.165, 1.54) is 25.7 Å². The first kappa shape index (κ1) is 21.1. The van der Waals surface area contributed by atoms with Gasteiger partial charge in [-0.3, -0.25) is 4.79 Å². The lowest BCUT2D eigenvalue weighted by Gasteiger charge is -2.35. The van der Waals surface area contributed by atoms with Crippen LogP contribution in [-0.4, -0.2) is 41.3 Å². The van der Waals surface area contributed by atoms with E-state index in [2.05, 4.69) is 31.1 Å². The SMILES string of the molecule is CC(C)(O)COc1cccc(NC(=O)c2ccc(Br)cc2N2CCC3(CC2)CC3)n1. The van der Waals surface area contributed by atoms with Crippen molar-refractivity contribution in [2.24, 2.45) is 5.41 Å². The highest BCUT2D eigenvalue weighted by atomic mass is 79.9. The van der Waals surface area contributed by atoms with Gasteiger partial charge in [0.1, 0.15) is 12.4 Å². The van der Waals surface area contributed by atoms with Crippen LogP contribution in [0.4, 0.5) is 11.5 Å². The molecule has 4 rings (SSSR count). The third kappa shape index (κ3) is 5.13. The first-order valence-electron chi connectivity index (χ1n) is 10.4. The van der Waals surface area contributed by atoms with Gasteiger partial charge in [-0.05, 0) is 69.2 Å². The second-order valence-electron chi connectivity index (χ2n) is 9.06. The summed E-state index contributed by atoms with van der Waals surface area (Å²) in [5.74, 6) is 0.575. The van der Waals surface area contributed by atoms with Crippen LogP contribution in [0.3, 0.4) is 0 Å². The highest BCUT2D eigenvalue weighted by Crippen LogP contribution is 2.54. The van der Waals surface area contributed by atoms with Gasteiger partial charge in [0, 0.05) is 23.6 Å². The molecular formula is C23H28BrN3O3. The van der Waals surface area contributed by atoms with E-state index < -0.39 is 5.60 Å². The zero-order chi connectivity index (χ0) is 21.4. The van der Waals surface area contributed by atoms with Crippen LogP contribution in [0.1, 0.15) is 49.9 Å². The van der Waals surface area contributed by atoms with Crippen LogP contribution in [0, 0.1) is 5.41 Å². The second kappa shape index (κ2) is 8.19. The number of aromatic nitrogens is 1. The van der Waals surface area contributed by atoms with Gasteiger partial charge in [-0.25, -0.2) is 0 Å². The van der Waals surface area contributed by atoms with Crippen LogP contribution in [0.15, 0.2) is 40.9 Å². The Balaban J connectivity index is 1.48. The molecule has 7 heteroatoms. The van der Waals surface area contributed by atoms with Crippen LogP contribution in [-0.2, 0) is 0 Å². The summed E-state index contributed by atoms with van der Waals surface area (Å²) in [6.07, 6.45) is 5.10. The molecule has 6 nitrogen and oxygen atoms in total. The number of aliphatic hydroxyl groups is 1. The third-order valence-electron chi connectivity index (χ3n) is 5.86. The summed E-state index contributed by atoms with van der Waals surface area (Å²) >= 11 is 3.55. The minimum absolute atomic E-state index is 0.116. The van der Waals surface area contributed by atoms with Gasteiger partial charge < -0.3 is 20.1 Å². The maximum Gasteiger partial charge on any atom is 0.258 e. The topological polar surface area (TPSA) is 74.7 Å². The van der Waals surface area contributed by atoms with Crippen molar-refractivity contribution in [1.29, 1.82) is 0 Å². The lowest BCUT2D eigenvalue weighted by molar-refractivity contribution is 0.0269. The van der Waals surface area contributed by atoms with E-state index in [0.29, 0.717) is 22.7 Å². The molecule has 1 saturated heterocycles. The number of nitrogens with one attached hydrogen (secondary N) is 1. The molecule has 2 aliphatic rings. The smallest absolute Gasteiger partial charge is 0.258 e. The molecule has 0 radical (unpaired) electrons. The van der Waals surface area contributed by atoms with E-state index in [4.69, 9.17) is 4.74 Å². The molecular weight excluding hydrogens is 446 g/mol. The number of amides is 1. The summed E-state index contributed by atoms with van der Waals surface area (Å²) < 4.78 is 6.49. The van der Waals surface area contributed by atoms with Crippen LogP contribution in [0.25, 0.3) is 0 Å². The van der Waals surface area contributed by atoms with Gasteiger partial charge in [0.05, 0.1) is 16.9 Å². The highest BCUT2D eigenvalue weighted by Gasteiger charge is 2.44. The summed E-state index contributed by atoms with van der Waals surface area (Å²) in [4.78, 5) is 19.7. The molecule has 1 aromatic carbocycles. The number of benzene rings is 1. The molecule has 0 unspecified atom stereocenters.